The summed E-state index contributed by atoms with van der Waals surface area (Å²) in [6.45, 7) is 4.17. The SMILES string of the molecule is COCCN1C(=O)C(=O)C(=C(O)c2nc3c(C)cccn3c2C)C1c1cccc(Cl)c1. The molecule has 1 aliphatic heterocycles. The summed E-state index contributed by atoms with van der Waals surface area (Å²) in [6, 6.07) is 9.92. The van der Waals surface area contributed by atoms with Crippen LogP contribution in [0.25, 0.3) is 11.4 Å². The Labute approximate surface area is 184 Å². The number of ketones is 1. The topological polar surface area (TPSA) is 84.1 Å². The molecule has 31 heavy (non-hydrogen) atoms. The average Bonchev–Trinajstić information content (AvgIpc) is 3.22. The summed E-state index contributed by atoms with van der Waals surface area (Å²) < 4.78 is 6.97. The maximum absolute atomic E-state index is 13.0. The van der Waals surface area contributed by atoms with E-state index in [4.69, 9.17) is 16.3 Å². The number of halogens is 1. The van der Waals surface area contributed by atoms with Crippen LogP contribution in [0.1, 0.15) is 28.6 Å². The maximum Gasteiger partial charge on any atom is 0.295 e. The van der Waals surface area contributed by atoms with Gasteiger partial charge in [0, 0.05) is 24.9 Å². The van der Waals surface area contributed by atoms with E-state index in [1.807, 2.05) is 36.6 Å². The number of aromatic nitrogens is 2. The predicted molar refractivity (Wildman–Crippen MR) is 117 cm³/mol. The number of hydrogen-bond donors (Lipinski definition) is 1. The number of aryl methyl sites for hydroxylation is 2. The Morgan fingerprint density at radius 3 is 2.68 bits per heavy atom. The van der Waals surface area contributed by atoms with Crippen molar-refractivity contribution >= 4 is 34.7 Å². The van der Waals surface area contributed by atoms with Crippen molar-refractivity contribution in [1.82, 2.24) is 14.3 Å². The maximum atomic E-state index is 13.0. The second kappa shape index (κ2) is 8.17. The number of hydrogen-bond acceptors (Lipinski definition) is 5. The molecule has 0 spiro atoms. The van der Waals surface area contributed by atoms with E-state index >= 15 is 0 Å². The third kappa shape index (κ3) is 3.49. The number of fused-ring (bicyclic) bond motifs is 1. The van der Waals surface area contributed by atoms with Crippen molar-refractivity contribution in [2.75, 3.05) is 20.3 Å². The highest BCUT2D eigenvalue weighted by Crippen LogP contribution is 2.40. The van der Waals surface area contributed by atoms with Crippen LogP contribution in [0.15, 0.2) is 48.2 Å². The van der Waals surface area contributed by atoms with Crippen molar-refractivity contribution in [1.29, 1.82) is 0 Å². The summed E-state index contributed by atoms with van der Waals surface area (Å²) >= 11 is 6.18. The molecule has 160 valence electrons. The Hall–Kier alpha value is -3.16. The van der Waals surface area contributed by atoms with Crippen molar-refractivity contribution in [3.05, 3.63) is 75.7 Å². The van der Waals surface area contributed by atoms with Crippen molar-refractivity contribution in [3.8, 4) is 0 Å². The average molecular weight is 440 g/mol. The van der Waals surface area contributed by atoms with Crippen LogP contribution >= 0.6 is 11.6 Å². The summed E-state index contributed by atoms with van der Waals surface area (Å²) in [7, 11) is 1.52. The Bertz CT molecular complexity index is 1230. The van der Waals surface area contributed by atoms with Crippen LogP contribution in [-0.2, 0) is 14.3 Å². The molecule has 0 saturated carbocycles. The van der Waals surface area contributed by atoms with E-state index in [2.05, 4.69) is 4.98 Å². The molecule has 1 aliphatic rings. The first-order chi connectivity index (χ1) is 14.8. The van der Waals surface area contributed by atoms with Gasteiger partial charge < -0.3 is 19.1 Å². The summed E-state index contributed by atoms with van der Waals surface area (Å²) in [5.41, 5.74) is 3.16. The fourth-order valence-electron chi connectivity index (χ4n) is 4.00. The molecule has 7 nitrogen and oxygen atoms in total. The van der Waals surface area contributed by atoms with Gasteiger partial charge in [0.25, 0.3) is 11.7 Å². The van der Waals surface area contributed by atoms with Crippen LogP contribution in [-0.4, -0.2) is 51.3 Å². The lowest BCUT2D eigenvalue weighted by Crippen LogP contribution is -2.32. The van der Waals surface area contributed by atoms with E-state index in [-0.39, 0.29) is 30.2 Å². The number of Topliss-reactive ketones (excluding diaryl/α,β-unsaturated/α-hetero) is 1. The number of imidazole rings is 1. The number of ether oxygens (including phenoxy) is 1. The fraction of sp³-hybridized carbons (Fsp3) is 0.261. The predicted octanol–water partition coefficient (Wildman–Crippen LogP) is 3.67. The van der Waals surface area contributed by atoms with E-state index in [0.717, 1.165) is 5.56 Å². The van der Waals surface area contributed by atoms with Crippen molar-refractivity contribution in [2.45, 2.75) is 19.9 Å². The van der Waals surface area contributed by atoms with Crippen LogP contribution in [0.3, 0.4) is 0 Å². The number of nitrogens with zero attached hydrogens (tertiary/aromatic N) is 3. The summed E-state index contributed by atoms with van der Waals surface area (Å²) in [5, 5.41) is 11.7. The lowest BCUT2D eigenvalue weighted by Gasteiger charge is -2.25. The van der Waals surface area contributed by atoms with Crippen molar-refractivity contribution < 1.29 is 19.4 Å². The lowest BCUT2D eigenvalue weighted by atomic mass is 9.96. The first-order valence-electron chi connectivity index (χ1n) is 9.82. The van der Waals surface area contributed by atoms with Gasteiger partial charge in [-0.05, 0) is 43.2 Å². The Morgan fingerprint density at radius 2 is 2.00 bits per heavy atom. The van der Waals surface area contributed by atoms with Crippen LogP contribution in [0.4, 0.5) is 0 Å². The minimum absolute atomic E-state index is 0.00692. The number of amides is 1. The van der Waals surface area contributed by atoms with Crippen LogP contribution in [0, 0.1) is 13.8 Å². The molecule has 1 atom stereocenters. The molecule has 4 rings (SSSR count). The lowest BCUT2D eigenvalue weighted by molar-refractivity contribution is -0.140. The smallest absolute Gasteiger partial charge is 0.295 e. The van der Waals surface area contributed by atoms with Gasteiger partial charge in [0.1, 0.15) is 11.3 Å². The standard InChI is InChI=1S/C23H22ClN3O4/c1-13-6-5-9-26-14(2)18(25-22(13)26)20(28)17-19(15-7-4-8-16(24)12-15)27(10-11-31-3)23(30)21(17)29/h4-9,12,19,28H,10-11H2,1-3H3. The third-order valence-corrected chi connectivity index (χ3v) is 5.78. The monoisotopic (exact) mass is 439 g/mol. The normalized spacial score (nSPS) is 18.3. The Balaban J connectivity index is 1.94. The van der Waals surface area contributed by atoms with Crippen molar-refractivity contribution in [3.63, 3.8) is 0 Å². The molecule has 8 heteroatoms. The van der Waals surface area contributed by atoms with Gasteiger partial charge in [-0.3, -0.25) is 9.59 Å². The van der Waals surface area contributed by atoms with Crippen LogP contribution < -0.4 is 0 Å². The molecule has 1 unspecified atom stereocenters. The highest BCUT2D eigenvalue weighted by molar-refractivity contribution is 6.46. The van der Waals surface area contributed by atoms with Gasteiger partial charge in [-0.25, -0.2) is 4.98 Å². The number of likely N-dealkylation sites (tertiary alicyclic amines) is 1. The molecule has 0 radical (unpaired) electrons. The first-order valence-corrected chi connectivity index (χ1v) is 10.2. The molecule has 0 aliphatic carbocycles. The zero-order valence-corrected chi connectivity index (χ0v) is 18.2. The number of pyridine rings is 1. The molecular weight excluding hydrogens is 418 g/mol. The minimum Gasteiger partial charge on any atom is -0.505 e. The van der Waals surface area contributed by atoms with Gasteiger partial charge in [0.15, 0.2) is 5.76 Å². The van der Waals surface area contributed by atoms with Gasteiger partial charge in [0.2, 0.25) is 0 Å². The zero-order valence-electron chi connectivity index (χ0n) is 17.4. The first kappa shape index (κ1) is 21.1. The number of carbonyl (C=O) groups excluding carboxylic acids is 2. The zero-order chi connectivity index (χ0) is 22.3. The molecule has 1 saturated heterocycles. The number of aliphatic hydroxyl groups excluding tert-OH is 1. The van der Waals surface area contributed by atoms with E-state index in [0.29, 0.717) is 21.9 Å². The quantitative estimate of drug-likeness (QED) is 0.372. The van der Waals surface area contributed by atoms with E-state index in [9.17, 15) is 14.7 Å². The Morgan fingerprint density at radius 1 is 1.23 bits per heavy atom. The van der Waals surface area contributed by atoms with Gasteiger partial charge in [-0.2, -0.15) is 0 Å². The third-order valence-electron chi connectivity index (χ3n) is 5.55. The van der Waals surface area contributed by atoms with E-state index in [1.165, 1.54) is 12.0 Å². The van der Waals surface area contributed by atoms with Gasteiger partial charge in [0.05, 0.1) is 23.9 Å². The molecule has 0 bridgehead atoms. The number of benzene rings is 1. The molecule has 1 aromatic carbocycles. The molecule has 1 N–H and O–H groups in total. The molecular formula is C23H22ClN3O4. The molecule has 1 amide bonds. The highest BCUT2D eigenvalue weighted by Gasteiger charge is 2.46. The second-order valence-electron chi connectivity index (χ2n) is 7.47. The molecule has 1 fully saturated rings. The minimum atomic E-state index is -0.792. The van der Waals surface area contributed by atoms with Gasteiger partial charge in [-0.1, -0.05) is 29.8 Å². The van der Waals surface area contributed by atoms with Gasteiger partial charge >= 0.3 is 0 Å². The largest absolute Gasteiger partial charge is 0.505 e. The number of aliphatic hydroxyl groups is 1. The number of methoxy groups -OCH3 is 1. The van der Waals surface area contributed by atoms with Crippen LogP contribution in [0.5, 0.6) is 0 Å². The summed E-state index contributed by atoms with van der Waals surface area (Å²) in [4.78, 5) is 31.9. The number of rotatable bonds is 5. The molecule has 3 heterocycles. The van der Waals surface area contributed by atoms with E-state index < -0.39 is 17.7 Å². The highest BCUT2D eigenvalue weighted by atomic mass is 35.5. The molecule has 2 aromatic heterocycles. The fourth-order valence-corrected chi connectivity index (χ4v) is 4.20. The number of carbonyl (C=O) groups is 2. The second-order valence-corrected chi connectivity index (χ2v) is 7.91. The van der Waals surface area contributed by atoms with Crippen molar-refractivity contribution in [2.24, 2.45) is 0 Å². The summed E-state index contributed by atoms with van der Waals surface area (Å²) in [6.07, 6.45) is 1.84. The van der Waals surface area contributed by atoms with E-state index in [1.54, 1.807) is 24.3 Å². The summed E-state index contributed by atoms with van der Waals surface area (Å²) in [5.74, 6) is -1.75. The Kier molecular flexibility index (Phi) is 5.56. The van der Waals surface area contributed by atoms with Gasteiger partial charge in [-0.15, -0.1) is 0 Å². The molecule has 3 aromatic rings. The van der Waals surface area contributed by atoms with Crippen LogP contribution in [0.2, 0.25) is 5.02 Å².